The second kappa shape index (κ2) is 28.4. The summed E-state index contributed by atoms with van der Waals surface area (Å²) in [6.45, 7) is 13.6. The monoisotopic (exact) mass is 529 g/mol. The number of hydrogen-bond donors (Lipinski definition) is 0. The molecule has 2 aromatic rings. The van der Waals surface area contributed by atoms with Crippen LogP contribution in [0, 0.1) is 17.8 Å². The summed E-state index contributed by atoms with van der Waals surface area (Å²) in [5.41, 5.74) is 2.82. The van der Waals surface area contributed by atoms with E-state index in [9.17, 15) is 0 Å². The van der Waals surface area contributed by atoms with E-state index in [4.69, 9.17) is 0 Å². The van der Waals surface area contributed by atoms with Crippen molar-refractivity contribution in [2.24, 2.45) is 17.8 Å². The normalized spacial score (nSPS) is 14.7. The van der Waals surface area contributed by atoms with Crippen molar-refractivity contribution in [3.63, 3.8) is 0 Å². The lowest BCUT2D eigenvalue weighted by molar-refractivity contribution is 0.279. The van der Waals surface area contributed by atoms with Crippen LogP contribution in [0.1, 0.15) is 159 Å². The van der Waals surface area contributed by atoms with Crippen LogP contribution in [0.2, 0.25) is 0 Å². The molecule has 0 bridgehead atoms. The van der Waals surface area contributed by atoms with Crippen LogP contribution in [0.25, 0.3) is 0 Å². The van der Waals surface area contributed by atoms with E-state index >= 15 is 0 Å². The molecular weight excluding hydrogens is 456 g/mol. The van der Waals surface area contributed by atoms with Gasteiger partial charge < -0.3 is 0 Å². The van der Waals surface area contributed by atoms with Gasteiger partial charge in [0.2, 0.25) is 0 Å². The van der Waals surface area contributed by atoms with Gasteiger partial charge in [-0.3, -0.25) is 0 Å². The summed E-state index contributed by atoms with van der Waals surface area (Å²) in [5.74, 6) is 3.74. The highest BCUT2D eigenvalue weighted by Gasteiger charge is 2.15. The molecule has 0 heterocycles. The van der Waals surface area contributed by atoms with Crippen molar-refractivity contribution in [3.8, 4) is 0 Å². The van der Waals surface area contributed by atoms with Crippen molar-refractivity contribution >= 4 is 0 Å². The predicted molar refractivity (Wildman–Crippen MR) is 182 cm³/mol. The lowest BCUT2D eigenvalue weighted by Gasteiger charge is -2.24. The summed E-state index contributed by atoms with van der Waals surface area (Å²) >= 11 is 0. The number of hydrogen-bond acceptors (Lipinski definition) is 0. The first-order valence-corrected chi connectivity index (χ1v) is 14.6. The molecular formula is C38H72. The fraction of sp³-hybridized carbons (Fsp3) is 0.684. The molecule has 0 radical (unpaired) electrons. The molecule has 0 saturated heterocycles. The largest absolute Gasteiger partial charge is 0.0776 e. The summed E-state index contributed by atoms with van der Waals surface area (Å²) in [6.07, 6.45) is 17.5. The maximum Gasteiger partial charge on any atom is -0.0219 e. The molecule has 0 spiro atoms. The molecule has 2 fully saturated rings. The fourth-order valence-corrected chi connectivity index (χ4v) is 4.95. The molecule has 4 rings (SSSR count). The zero-order valence-corrected chi connectivity index (χ0v) is 23.6. The van der Waals surface area contributed by atoms with E-state index in [0.717, 1.165) is 24.2 Å². The van der Waals surface area contributed by atoms with Crippen LogP contribution >= 0.6 is 0 Å². The molecule has 2 aromatic carbocycles. The van der Waals surface area contributed by atoms with Gasteiger partial charge in [-0.25, -0.2) is 0 Å². The van der Waals surface area contributed by atoms with Crippen molar-refractivity contribution in [3.05, 3.63) is 71.8 Å². The van der Waals surface area contributed by atoms with Gasteiger partial charge in [-0.2, -0.15) is 0 Å². The van der Waals surface area contributed by atoms with E-state index < -0.39 is 0 Å². The lowest BCUT2D eigenvalue weighted by atomic mass is 9.82. The molecule has 0 aliphatic heterocycles. The first kappa shape index (κ1) is 43.5. The van der Waals surface area contributed by atoms with Crippen LogP contribution in [0.15, 0.2) is 60.7 Å². The molecule has 0 N–H and O–H groups in total. The third-order valence-corrected chi connectivity index (χ3v) is 7.61. The average Bonchev–Trinajstić information content (AvgIpc) is 2.91. The third-order valence-electron chi connectivity index (χ3n) is 7.61. The first-order chi connectivity index (χ1) is 16.5. The summed E-state index contributed by atoms with van der Waals surface area (Å²) in [7, 11) is 0. The Hall–Kier alpha value is -1.56. The maximum absolute atomic E-state index is 2.36. The quantitative estimate of drug-likeness (QED) is 0.370. The molecule has 0 nitrogen and oxygen atoms in total. The van der Waals surface area contributed by atoms with Gasteiger partial charge in [-0.05, 0) is 41.2 Å². The Bertz CT molecular complexity index is 658. The van der Waals surface area contributed by atoms with Gasteiger partial charge in [0.15, 0.2) is 0 Å². The molecule has 0 unspecified atom stereocenters. The van der Waals surface area contributed by atoms with Crippen LogP contribution in [0.4, 0.5) is 0 Å². The van der Waals surface area contributed by atoms with Crippen molar-refractivity contribution in [2.75, 3.05) is 0 Å². The second-order valence-corrected chi connectivity index (χ2v) is 11.0. The van der Waals surface area contributed by atoms with Gasteiger partial charge in [0.25, 0.3) is 0 Å². The average molecular weight is 529 g/mol. The summed E-state index contributed by atoms with van der Waals surface area (Å²) in [5, 5.41) is 0. The topological polar surface area (TPSA) is 0 Å². The number of aryl methyl sites for hydroxylation is 1. The first-order valence-electron chi connectivity index (χ1n) is 14.6. The second-order valence-electron chi connectivity index (χ2n) is 11.0. The minimum Gasteiger partial charge on any atom is -0.0776 e. The summed E-state index contributed by atoms with van der Waals surface area (Å²) in [4.78, 5) is 0. The molecule has 0 amide bonds. The van der Waals surface area contributed by atoms with Crippen molar-refractivity contribution in [1.29, 1.82) is 0 Å². The molecule has 2 aliphatic rings. The minimum absolute atomic E-state index is 0. The molecule has 38 heavy (non-hydrogen) atoms. The van der Waals surface area contributed by atoms with E-state index in [2.05, 4.69) is 90.1 Å². The minimum atomic E-state index is 0. The van der Waals surface area contributed by atoms with E-state index in [1.54, 1.807) is 0 Å². The van der Waals surface area contributed by atoms with Crippen molar-refractivity contribution in [2.45, 2.75) is 154 Å². The number of rotatable bonds is 4. The van der Waals surface area contributed by atoms with Gasteiger partial charge in [0.1, 0.15) is 0 Å². The molecule has 2 aliphatic carbocycles. The molecule has 224 valence electrons. The van der Waals surface area contributed by atoms with Gasteiger partial charge >= 0.3 is 0 Å². The fourth-order valence-electron chi connectivity index (χ4n) is 4.95. The van der Waals surface area contributed by atoms with Crippen LogP contribution < -0.4 is 0 Å². The highest BCUT2D eigenvalue weighted by molar-refractivity contribution is 5.17. The van der Waals surface area contributed by atoms with Crippen LogP contribution in [0.5, 0.6) is 0 Å². The third kappa shape index (κ3) is 21.4. The zero-order chi connectivity index (χ0) is 25.0. The van der Waals surface area contributed by atoms with Crippen molar-refractivity contribution < 1.29 is 0 Å². The van der Waals surface area contributed by atoms with Gasteiger partial charge in [0, 0.05) is 0 Å². The predicted octanol–water partition coefficient (Wildman–Crippen LogP) is 13.8. The van der Waals surface area contributed by atoms with E-state index in [1.807, 2.05) is 12.1 Å². The summed E-state index contributed by atoms with van der Waals surface area (Å²) in [6, 6.07) is 21.0. The van der Waals surface area contributed by atoms with E-state index in [1.165, 1.54) is 81.8 Å². The standard InChI is InChI=1S/C9H18.C9H12.C8H16.C8H10.4CH4/c2*1-8(2)9-6-4-3-5-7-9;2*1-2-8-6-4-3-5-7-8;;;;/h8-9H,3-7H2,1-2H3;3-8H,1-2H3;8H,2-7H2,1H3;3-7H,2H2,1H3;4*1H4. The van der Waals surface area contributed by atoms with E-state index in [-0.39, 0.29) is 29.7 Å². The Morgan fingerprint density at radius 2 is 1.00 bits per heavy atom. The Morgan fingerprint density at radius 3 is 1.26 bits per heavy atom. The summed E-state index contributed by atoms with van der Waals surface area (Å²) < 4.78 is 0. The Balaban J connectivity index is -0.000000196. The van der Waals surface area contributed by atoms with Crippen LogP contribution in [-0.2, 0) is 6.42 Å². The van der Waals surface area contributed by atoms with E-state index in [0.29, 0.717) is 5.92 Å². The smallest absolute Gasteiger partial charge is 0.0219 e. The maximum atomic E-state index is 2.36. The van der Waals surface area contributed by atoms with Crippen molar-refractivity contribution in [1.82, 2.24) is 0 Å². The SMILES string of the molecule is C.C.C.C.CC(C)C1CCCCC1.CC(C)c1ccccc1.CCC1CCCCC1.CCc1ccccc1. The zero-order valence-electron chi connectivity index (χ0n) is 23.6. The Kier molecular flexibility index (Phi) is 32.6. The molecule has 0 aromatic heterocycles. The Morgan fingerprint density at radius 1 is 0.579 bits per heavy atom. The molecule has 2 saturated carbocycles. The molecule has 0 atom stereocenters. The van der Waals surface area contributed by atoms with Gasteiger partial charge in [-0.1, -0.05) is 203 Å². The Labute approximate surface area is 243 Å². The lowest BCUT2D eigenvalue weighted by Crippen LogP contribution is -2.12. The van der Waals surface area contributed by atoms with Crippen LogP contribution in [-0.4, -0.2) is 0 Å². The highest BCUT2D eigenvalue weighted by atomic mass is 14.2. The van der Waals surface area contributed by atoms with Gasteiger partial charge in [0.05, 0.1) is 0 Å². The van der Waals surface area contributed by atoms with Crippen LogP contribution in [0.3, 0.4) is 0 Å². The van der Waals surface area contributed by atoms with Gasteiger partial charge in [-0.15, -0.1) is 0 Å². The number of benzene rings is 2. The molecule has 0 heteroatoms. The highest BCUT2D eigenvalue weighted by Crippen LogP contribution is 2.29.